The van der Waals surface area contributed by atoms with Gasteiger partial charge < -0.3 is 14.6 Å². The number of carbonyl (C=O) groups is 2. The van der Waals surface area contributed by atoms with Crippen molar-refractivity contribution in [3.05, 3.63) is 76.1 Å². The first-order valence-electron chi connectivity index (χ1n) is 11.5. The summed E-state index contributed by atoms with van der Waals surface area (Å²) in [6.45, 7) is 5.91. The lowest BCUT2D eigenvalue weighted by molar-refractivity contribution is -0.137. The molecule has 0 radical (unpaired) electrons. The van der Waals surface area contributed by atoms with Gasteiger partial charge in [-0.25, -0.2) is 9.78 Å². The third-order valence-electron chi connectivity index (χ3n) is 5.20. The van der Waals surface area contributed by atoms with Crippen LogP contribution in [0.15, 0.2) is 60.0 Å². The summed E-state index contributed by atoms with van der Waals surface area (Å²) in [6, 6.07) is 17.2. The van der Waals surface area contributed by atoms with Crippen LogP contribution in [0.1, 0.15) is 49.2 Å². The van der Waals surface area contributed by atoms with Gasteiger partial charge in [-0.15, -0.1) is 11.3 Å². The molecule has 1 amide bonds. The lowest BCUT2D eigenvalue weighted by Gasteiger charge is -2.24. The molecule has 1 unspecified atom stereocenters. The number of nitrogens with zero attached hydrogens (tertiary/aromatic N) is 2. The van der Waals surface area contributed by atoms with Gasteiger partial charge in [0.05, 0.1) is 13.0 Å². The van der Waals surface area contributed by atoms with E-state index in [0.717, 1.165) is 21.9 Å². The zero-order valence-corrected chi connectivity index (χ0v) is 21.4. The van der Waals surface area contributed by atoms with Crippen molar-refractivity contribution < 1.29 is 24.2 Å². The minimum absolute atomic E-state index is 0.0450. The highest BCUT2D eigenvalue weighted by atomic mass is 32.1. The number of amides is 1. The summed E-state index contributed by atoms with van der Waals surface area (Å²) >= 11 is 1.59. The average Bonchev–Trinajstić information content (AvgIpc) is 3.33. The maximum absolute atomic E-state index is 12.3. The number of thiophene rings is 1. The monoisotopic (exact) mass is 496 g/mol. The highest BCUT2D eigenvalue weighted by Gasteiger charge is 2.21. The summed E-state index contributed by atoms with van der Waals surface area (Å²) in [4.78, 5) is 30.6. The number of benzene rings is 1. The third kappa shape index (κ3) is 8.40. The fourth-order valence-corrected chi connectivity index (χ4v) is 4.33. The van der Waals surface area contributed by atoms with Crippen LogP contribution >= 0.6 is 11.3 Å². The number of hydrogen-bond donors (Lipinski definition) is 1. The van der Waals surface area contributed by atoms with Gasteiger partial charge in [0.2, 0.25) is 0 Å². The molecule has 0 saturated heterocycles. The highest BCUT2D eigenvalue weighted by Crippen LogP contribution is 2.29. The largest absolute Gasteiger partial charge is 0.493 e. The number of pyridine rings is 1. The number of anilines is 1. The van der Waals surface area contributed by atoms with Gasteiger partial charge in [0.25, 0.3) is 0 Å². The van der Waals surface area contributed by atoms with E-state index >= 15 is 0 Å². The molecule has 2 aromatic heterocycles. The summed E-state index contributed by atoms with van der Waals surface area (Å²) in [5.41, 5.74) is 1.30. The molecular formula is C27H32N2O5S. The maximum Gasteiger partial charge on any atom is 0.415 e. The number of carboxylic acids is 1. The topological polar surface area (TPSA) is 89.0 Å². The Morgan fingerprint density at radius 3 is 2.46 bits per heavy atom. The number of rotatable bonds is 10. The smallest absolute Gasteiger partial charge is 0.415 e. The highest BCUT2D eigenvalue weighted by molar-refractivity contribution is 7.10. The third-order valence-corrected chi connectivity index (χ3v) is 6.24. The molecule has 0 fully saturated rings. The van der Waals surface area contributed by atoms with Gasteiger partial charge in [-0.1, -0.05) is 24.3 Å². The van der Waals surface area contributed by atoms with E-state index in [1.807, 2.05) is 74.7 Å². The van der Waals surface area contributed by atoms with E-state index in [1.54, 1.807) is 24.5 Å². The van der Waals surface area contributed by atoms with E-state index < -0.39 is 17.7 Å². The van der Waals surface area contributed by atoms with Crippen molar-refractivity contribution in [1.29, 1.82) is 0 Å². The molecule has 0 spiro atoms. The Morgan fingerprint density at radius 1 is 1.09 bits per heavy atom. The first-order valence-corrected chi connectivity index (χ1v) is 12.4. The van der Waals surface area contributed by atoms with Crippen molar-refractivity contribution >= 4 is 29.2 Å². The fraction of sp³-hybridized carbons (Fsp3) is 0.370. The van der Waals surface area contributed by atoms with Crippen LogP contribution in [0.2, 0.25) is 0 Å². The van der Waals surface area contributed by atoms with Gasteiger partial charge in [-0.05, 0) is 68.5 Å². The fourth-order valence-electron chi connectivity index (χ4n) is 3.50. The van der Waals surface area contributed by atoms with Crippen LogP contribution < -0.4 is 9.64 Å². The molecule has 2 heterocycles. The second-order valence-corrected chi connectivity index (χ2v) is 10.3. The number of carbonyl (C=O) groups excluding carboxylic acids is 1. The van der Waals surface area contributed by atoms with Crippen molar-refractivity contribution in [3.8, 4) is 5.75 Å². The molecule has 1 aromatic carbocycles. The maximum atomic E-state index is 12.3. The van der Waals surface area contributed by atoms with Crippen LogP contribution in [-0.4, -0.2) is 41.4 Å². The molecule has 3 rings (SSSR count). The number of ether oxygens (including phenoxy) is 2. The van der Waals surface area contributed by atoms with Crippen LogP contribution in [0.25, 0.3) is 0 Å². The quantitative estimate of drug-likeness (QED) is 0.374. The second kappa shape index (κ2) is 11.8. The summed E-state index contributed by atoms with van der Waals surface area (Å²) in [6.07, 6.45) is 0.892. The average molecular weight is 497 g/mol. The molecule has 0 bridgehead atoms. The van der Waals surface area contributed by atoms with Crippen LogP contribution in [0.4, 0.5) is 10.6 Å². The van der Waals surface area contributed by atoms with E-state index in [0.29, 0.717) is 25.3 Å². The van der Waals surface area contributed by atoms with Crippen LogP contribution in [-0.2, 0) is 22.4 Å². The zero-order chi connectivity index (χ0) is 25.4. The molecule has 0 aliphatic rings. The van der Waals surface area contributed by atoms with Gasteiger partial charge in [-0.3, -0.25) is 9.69 Å². The number of aliphatic carboxylic acids is 1. The Balaban J connectivity index is 1.53. The summed E-state index contributed by atoms with van der Waals surface area (Å²) in [5.74, 6) is 0.416. The molecule has 186 valence electrons. The van der Waals surface area contributed by atoms with Gasteiger partial charge in [0.15, 0.2) is 0 Å². The predicted molar refractivity (Wildman–Crippen MR) is 138 cm³/mol. The number of hydrogen-bond acceptors (Lipinski definition) is 6. The van der Waals surface area contributed by atoms with Gasteiger partial charge >= 0.3 is 12.1 Å². The lowest BCUT2D eigenvalue weighted by Crippen LogP contribution is -2.34. The first kappa shape index (κ1) is 26.2. The SMILES string of the molecule is CN(C(=O)OC(C)(C)C)c1cccc(CCOc2ccc(CC(CC(=O)O)c3cccs3)cc2)n1. The number of aromatic nitrogens is 1. The van der Waals surface area contributed by atoms with Crippen LogP contribution in [0, 0.1) is 0 Å². The molecule has 7 nitrogen and oxygen atoms in total. The number of carboxylic acid groups (broad SMARTS) is 1. The molecule has 8 heteroatoms. The zero-order valence-electron chi connectivity index (χ0n) is 20.6. The van der Waals surface area contributed by atoms with Crippen LogP contribution in [0.3, 0.4) is 0 Å². The summed E-state index contributed by atoms with van der Waals surface area (Å²) in [7, 11) is 1.64. The standard InChI is InChI=1S/C27H32N2O5S/c1-27(2,3)34-26(32)29(4)24-9-5-7-21(28-24)14-15-33-22-12-10-19(11-13-22)17-20(18-25(30)31)23-8-6-16-35-23/h5-13,16,20H,14-15,17-18H2,1-4H3,(H,30,31). The lowest BCUT2D eigenvalue weighted by atomic mass is 9.94. The van der Waals surface area contributed by atoms with Gasteiger partial charge in [0, 0.05) is 30.0 Å². The molecule has 35 heavy (non-hydrogen) atoms. The molecule has 1 N–H and O–H groups in total. The Hall–Kier alpha value is -3.39. The first-order chi connectivity index (χ1) is 16.6. The van der Waals surface area contributed by atoms with E-state index in [2.05, 4.69) is 4.98 Å². The molecule has 1 atom stereocenters. The Kier molecular flexibility index (Phi) is 8.87. The molecule has 0 saturated carbocycles. The molecular weight excluding hydrogens is 464 g/mol. The van der Waals surface area contributed by atoms with Crippen molar-refractivity contribution in [1.82, 2.24) is 4.98 Å². The van der Waals surface area contributed by atoms with E-state index in [1.165, 1.54) is 4.90 Å². The molecule has 3 aromatic rings. The van der Waals surface area contributed by atoms with Crippen LogP contribution in [0.5, 0.6) is 5.75 Å². The van der Waals surface area contributed by atoms with Crippen molar-refractivity contribution in [3.63, 3.8) is 0 Å². The Morgan fingerprint density at radius 2 is 1.83 bits per heavy atom. The second-order valence-electron chi connectivity index (χ2n) is 9.28. The van der Waals surface area contributed by atoms with Gasteiger partial charge in [0.1, 0.15) is 17.2 Å². The summed E-state index contributed by atoms with van der Waals surface area (Å²) < 4.78 is 11.3. The normalized spacial score (nSPS) is 12.1. The molecule has 0 aliphatic carbocycles. The van der Waals surface area contributed by atoms with E-state index in [-0.39, 0.29) is 12.3 Å². The summed E-state index contributed by atoms with van der Waals surface area (Å²) in [5, 5.41) is 11.2. The van der Waals surface area contributed by atoms with Gasteiger partial charge in [-0.2, -0.15) is 0 Å². The minimum atomic E-state index is -0.793. The van der Waals surface area contributed by atoms with E-state index in [4.69, 9.17) is 9.47 Å². The van der Waals surface area contributed by atoms with Crippen molar-refractivity contribution in [2.45, 2.75) is 51.6 Å². The minimum Gasteiger partial charge on any atom is -0.493 e. The van der Waals surface area contributed by atoms with Crippen molar-refractivity contribution in [2.24, 2.45) is 0 Å². The molecule has 0 aliphatic heterocycles. The Labute approximate surface area is 210 Å². The van der Waals surface area contributed by atoms with E-state index in [9.17, 15) is 14.7 Å². The Bertz CT molecular complexity index is 1110. The van der Waals surface area contributed by atoms with Crippen molar-refractivity contribution in [2.75, 3.05) is 18.6 Å². The predicted octanol–water partition coefficient (Wildman–Crippen LogP) is 5.94.